The molecule has 3 fully saturated rings. The molecule has 1 aliphatic carbocycles. The Hall–Kier alpha value is -0.120. The zero-order valence-corrected chi connectivity index (χ0v) is 13.2. The summed E-state index contributed by atoms with van der Waals surface area (Å²) in [6.07, 6.45) is 11.6. The first kappa shape index (κ1) is 14.8. The van der Waals surface area contributed by atoms with Crippen LogP contribution in [-0.2, 0) is 4.74 Å². The molecule has 3 heteroatoms. The van der Waals surface area contributed by atoms with Crippen molar-refractivity contribution in [3.05, 3.63) is 0 Å². The highest BCUT2D eigenvalue weighted by Gasteiger charge is 2.34. The maximum absolute atomic E-state index is 5.99. The number of nitrogens with one attached hydrogen (secondary N) is 1. The summed E-state index contributed by atoms with van der Waals surface area (Å²) in [5, 5.41) is 3.71. The molecule has 3 rings (SSSR count). The van der Waals surface area contributed by atoms with E-state index < -0.39 is 0 Å². The molecule has 116 valence electrons. The van der Waals surface area contributed by atoms with Crippen LogP contribution in [0.3, 0.4) is 0 Å². The molecule has 20 heavy (non-hydrogen) atoms. The van der Waals surface area contributed by atoms with Crippen LogP contribution in [0, 0.1) is 5.92 Å². The van der Waals surface area contributed by atoms with Gasteiger partial charge in [-0.15, -0.1) is 0 Å². The highest BCUT2D eigenvalue weighted by Crippen LogP contribution is 2.30. The third-order valence-electron chi connectivity index (χ3n) is 5.56. The fourth-order valence-corrected chi connectivity index (χ4v) is 4.41. The Labute approximate surface area is 124 Å². The van der Waals surface area contributed by atoms with Gasteiger partial charge in [0.15, 0.2) is 0 Å². The van der Waals surface area contributed by atoms with Crippen molar-refractivity contribution in [3.63, 3.8) is 0 Å². The lowest BCUT2D eigenvalue weighted by Crippen LogP contribution is -2.59. The SMILES string of the molecule is CC1CN(CC2CCCCO2)C(C2CCCCC2)CN1. The zero-order valence-electron chi connectivity index (χ0n) is 13.2. The van der Waals surface area contributed by atoms with Gasteiger partial charge in [-0.05, 0) is 44.9 Å². The minimum Gasteiger partial charge on any atom is -0.377 e. The molecule has 0 amide bonds. The Bertz CT molecular complexity index is 285. The van der Waals surface area contributed by atoms with Crippen molar-refractivity contribution in [3.8, 4) is 0 Å². The first-order valence-corrected chi connectivity index (χ1v) is 8.92. The van der Waals surface area contributed by atoms with Gasteiger partial charge in [-0.2, -0.15) is 0 Å². The molecule has 0 bridgehead atoms. The fraction of sp³-hybridized carbons (Fsp3) is 1.00. The maximum atomic E-state index is 5.99. The summed E-state index contributed by atoms with van der Waals surface area (Å²) >= 11 is 0. The van der Waals surface area contributed by atoms with Crippen molar-refractivity contribution in [1.82, 2.24) is 10.2 Å². The second-order valence-electron chi connectivity index (χ2n) is 7.22. The largest absolute Gasteiger partial charge is 0.377 e. The molecular weight excluding hydrogens is 248 g/mol. The van der Waals surface area contributed by atoms with Crippen LogP contribution in [-0.4, -0.2) is 49.3 Å². The van der Waals surface area contributed by atoms with Crippen molar-refractivity contribution < 1.29 is 4.74 Å². The van der Waals surface area contributed by atoms with Gasteiger partial charge in [0, 0.05) is 38.3 Å². The number of ether oxygens (including phenoxy) is 1. The van der Waals surface area contributed by atoms with Gasteiger partial charge in [0.25, 0.3) is 0 Å². The Morgan fingerprint density at radius 1 is 1.05 bits per heavy atom. The summed E-state index contributed by atoms with van der Waals surface area (Å²) in [6, 6.07) is 1.40. The molecule has 0 radical (unpaired) electrons. The van der Waals surface area contributed by atoms with Crippen LogP contribution in [0.15, 0.2) is 0 Å². The average molecular weight is 280 g/mol. The normalized spacial score (nSPS) is 38.0. The number of hydrogen-bond donors (Lipinski definition) is 1. The lowest BCUT2D eigenvalue weighted by atomic mass is 9.82. The summed E-state index contributed by atoms with van der Waals surface area (Å²) in [5.74, 6) is 0.923. The Morgan fingerprint density at radius 2 is 1.85 bits per heavy atom. The summed E-state index contributed by atoms with van der Waals surface area (Å²) < 4.78 is 5.99. The van der Waals surface area contributed by atoms with E-state index in [0.717, 1.165) is 18.6 Å². The van der Waals surface area contributed by atoms with Crippen LogP contribution < -0.4 is 5.32 Å². The molecule has 3 unspecified atom stereocenters. The van der Waals surface area contributed by atoms with Gasteiger partial charge in [0.1, 0.15) is 0 Å². The van der Waals surface area contributed by atoms with Crippen molar-refractivity contribution in [2.75, 3.05) is 26.2 Å². The first-order chi connectivity index (χ1) is 9.83. The molecule has 3 atom stereocenters. The topological polar surface area (TPSA) is 24.5 Å². The quantitative estimate of drug-likeness (QED) is 0.860. The third-order valence-corrected chi connectivity index (χ3v) is 5.56. The maximum Gasteiger partial charge on any atom is 0.0702 e. The summed E-state index contributed by atoms with van der Waals surface area (Å²) in [6.45, 7) is 6.89. The Morgan fingerprint density at radius 3 is 2.60 bits per heavy atom. The van der Waals surface area contributed by atoms with Gasteiger partial charge in [0.05, 0.1) is 6.10 Å². The van der Waals surface area contributed by atoms with Crippen molar-refractivity contribution >= 4 is 0 Å². The van der Waals surface area contributed by atoms with E-state index in [4.69, 9.17) is 4.74 Å². The standard InChI is InChI=1S/C17H32N2O/c1-14-12-19(13-16-9-5-6-10-20-16)17(11-18-14)15-7-3-2-4-8-15/h14-18H,2-13H2,1H3. The molecule has 3 aliphatic rings. The van der Waals surface area contributed by atoms with Crippen LogP contribution in [0.5, 0.6) is 0 Å². The number of hydrogen-bond acceptors (Lipinski definition) is 3. The van der Waals surface area contributed by atoms with E-state index in [1.165, 1.54) is 71.0 Å². The molecule has 0 aromatic rings. The predicted octanol–water partition coefficient (Wildman–Crippen LogP) is 2.80. The van der Waals surface area contributed by atoms with Crippen LogP contribution in [0.1, 0.15) is 58.3 Å². The van der Waals surface area contributed by atoms with Crippen LogP contribution in [0.2, 0.25) is 0 Å². The van der Waals surface area contributed by atoms with Crippen molar-refractivity contribution in [1.29, 1.82) is 0 Å². The molecule has 0 aromatic carbocycles. The number of rotatable bonds is 3. The highest BCUT2D eigenvalue weighted by atomic mass is 16.5. The first-order valence-electron chi connectivity index (χ1n) is 8.92. The van der Waals surface area contributed by atoms with E-state index in [0.29, 0.717) is 12.1 Å². The molecule has 1 N–H and O–H groups in total. The predicted molar refractivity (Wildman–Crippen MR) is 83.0 cm³/mol. The van der Waals surface area contributed by atoms with E-state index >= 15 is 0 Å². The van der Waals surface area contributed by atoms with Crippen LogP contribution in [0.4, 0.5) is 0 Å². The smallest absolute Gasteiger partial charge is 0.0702 e. The highest BCUT2D eigenvalue weighted by molar-refractivity contribution is 4.91. The molecular formula is C17H32N2O. The van der Waals surface area contributed by atoms with Crippen LogP contribution in [0.25, 0.3) is 0 Å². The van der Waals surface area contributed by atoms with E-state index in [1.807, 2.05) is 0 Å². The van der Waals surface area contributed by atoms with E-state index in [9.17, 15) is 0 Å². The van der Waals surface area contributed by atoms with E-state index in [1.54, 1.807) is 0 Å². The molecule has 1 saturated carbocycles. The second kappa shape index (κ2) is 7.24. The zero-order chi connectivity index (χ0) is 13.8. The van der Waals surface area contributed by atoms with Crippen molar-refractivity contribution in [2.45, 2.75) is 76.5 Å². The van der Waals surface area contributed by atoms with Gasteiger partial charge in [-0.3, -0.25) is 4.90 Å². The van der Waals surface area contributed by atoms with Gasteiger partial charge in [0.2, 0.25) is 0 Å². The Kier molecular flexibility index (Phi) is 5.36. The van der Waals surface area contributed by atoms with Gasteiger partial charge >= 0.3 is 0 Å². The van der Waals surface area contributed by atoms with E-state index in [2.05, 4.69) is 17.1 Å². The van der Waals surface area contributed by atoms with Gasteiger partial charge in [-0.25, -0.2) is 0 Å². The fourth-order valence-electron chi connectivity index (χ4n) is 4.41. The third kappa shape index (κ3) is 3.75. The summed E-state index contributed by atoms with van der Waals surface area (Å²) in [7, 11) is 0. The lowest BCUT2D eigenvalue weighted by molar-refractivity contribution is -0.0305. The van der Waals surface area contributed by atoms with Gasteiger partial charge < -0.3 is 10.1 Å². The van der Waals surface area contributed by atoms with Crippen molar-refractivity contribution in [2.24, 2.45) is 5.92 Å². The molecule has 0 aromatic heterocycles. The van der Waals surface area contributed by atoms with Gasteiger partial charge in [-0.1, -0.05) is 19.3 Å². The lowest BCUT2D eigenvalue weighted by Gasteiger charge is -2.45. The van der Waals surface area contributed by atoms with Crippen LogP contribution >= 0.6 is 0 Å². The number of nitrogens with zero attached hydrogens (tertiary/aromatic N) is 1. The summed E-state index contributed by atoms with van der Waals surface area (Å²) in [4.78, 5) is 2.77. The average Bonchev–Trinajstić information content (AvgIpc) is 2.49. The second-order valence-corrected chi connectivity index (χ2v) is 7.22. The molecule has 0 spiro atoms. The van der Waals surface area contributed by atoms with E-state index in [-0.39, 0.29) is 0 Å². The summed E-state index contributed by atoms with van der Waals surface area (Å²) in [5.41, 5.74) is 0. The molecule has 2 aliphatic heterocycles. The molecule has 2 saturated heterocycles. The monoisotopic (exact) mass is 280 g/mol. The molecule has 3 nitrogen and oxygen atoms in total. The minimum atomic E-state index is 0.500. The Balaban J connectivity index is 1.59. The number of piperazine rings is 1. The molecule has 2 heterocycles. The minimum absolute atomic E-state index is 0.500.